The molecular weight excluding hydrogens is 168 g/mol. The zero-order valence-electron chi connectivity index (χ0n) is 5.98. The minimum Gasteiger partial charge on any atom is -0.251 e. The molecular formula is C5H9N2O3S+. The Hall–Kier alpha value is -0.880. The molecule has 5 nitrogen and oxygen atoms in total. The van der Waals surface area contributed by atoms with E-state index in [1.54, 1.807) is 6.92 Å². The van der Waals surface area contributed by atoms with E-state index in [-0.39, 0.29) is 0 Å². The average Bonchev–Trinajstić information content (AvgIpc) is 2.31. The Morgan fingerprint density at radius 3 is 2.73 bits per heavy atom. The lowest BCUT2D eigenvalue weighted by Gasteiger charge is -1.90. The van der Waals surface area contributed by atoms with E-state index in [2.05, 4.69) is 4.98 Å². The second-order valence-electron chi connectivity index (χ2n) is 2.03. The summed E-state index contributed by atoms with van der Waals surface area (Å²) in [4.78, 5) is 2.69. The molecule has 0 unspecified atom stereocenters. The van der Waals surface area contributed by atoms with Gasteiger partial charge in [0.15, 0.2) is 0 Å². The fourth-order valence-corrected chi connectivity index (χ4v) is 1.50. The molecule has 0 saturated carbocycles. The maximum absolute atomic E-state index is 10.6. The Bertz CT molecular complexity index is 340. The summed E-state index contributed by atoms with van der Waals surface area (Å²) in [5, 5.41) is 0. The lowest BCUT2D eigenvalue weighted by molar-refractivity contribution is -0.526. The third-order valence-electron chi connectivity index (χ3n) is 1.31. The van der Waals surface area contributed by atoms with Gasteiger partial charge in [0.05, 0.1) is 0 Å². The molecule has 0 aliphatic carbocycles. The lowest BCUT2D eigenvalue weighted by atomic mass is 10.5. The fraction of sp³-hybridized carbons (Fsp3) is 0.400. The number of aromatic nitrogens is 2. The summed E-state index contributed by atoms with van der Waals surface area (Å²) in [6, 6.07) is 0. The molecule has 1 aromatic heterocycles. The number of hydrogen-bond donors (Lipinski definition) is 2. The highest BCUT2D eigenvalue weighted by molar-refractivity contribution is 7.79. The average molecular weight is 177 g/mol. The van der Waals surface area contributed by atoms with Crippen LogP contribution in [0.5, 0.6) is 0 Å². The Balaban J connectivity index is 3.24. The SMILES string of the molecule is CCc1[nH]cc[n+]1S(=O)(=O)O. The Morgan fingerprint density at radius 2 is 2.36 bits per heavy atom. The van der Waals surface area contributed by atoms with Crippen LogP contribution >= 0.6 is 0 Å². The second kappa shape index (κ2) is 2.63. The standard InChI is InChI=1S/C5H8N2O3S/c1-2-5-6-3-4-7(5)11(8,9)10/h3-4H,2H2,1H3,(H,8,9,10)/p+1. The number of aromatic amines is 1. The van der Waals surface area contributed by atoms with Crippen molar-refractivity contribution in [3.05, 3.63) is 18.2 Å². The molecule has 0 saturated heterocycles. The molecule has 62 valence electrons. The second-order valence-corrected chi connectivity index (χ2v) is 3.32. The van der Waals surface area contributed by atoms with Crippen LogP contribution in [0, 0.1) is 0 Å². The first-order valence-electron chi connectivity index (χ1n) is 3.11. The van der Waals surface area contributed by atoms with Crippen LogP contribution in [0.4, 0.5) is 0 Å². The maximum atomic E-state index is 10.6. The number of aryl methyl sites for hydroxylation is 1. The predicted octanol–water partition coefficient (Wildman–Crippen LogP) is -0.484. The van der Waals surface area contributed by atoms with Crippen molar-refractivity contribution in [3.8, 4) is 0 Å². The third-order valence-corrected chi connectivity index (χ3v) is 2.15. The summed E-state index contributed by atoms with van der Waals surface area (Å²) in [5.74, 6) is 0.451. The van der Waals surface area contributed by atoms with Crippen molar-refractivity contribution in [2.75, 3.05) is 0 Å². The molecule has 6 heteroatoms. The third kappa shape index (κ3) is 1.58. The molecule has 0 fully saturated rings. The molecule has 0 spiro atoms. The van der Waals surface area contributed by atoms with Gasteiger partial charge >= 0.3 is 10.3 Å². The number of hydrogen-bond acceptors (Lipinski definition) is 2. The number of nitrogens with one attached hydrogen (secondary N) is 1. The van der Waals surface area contributed by atoms with Gasteiger partial charge in [-0.2, -0.15) is 8.42 Å². The van der Waals surface area contributed by atoms with Crippen molar-refractivity contribution in [3.63, 3.8) is 0 Å². The predicted molar refractivity (Wildman–Crippen MR) is 37.3 cm³/mol. The van der Waals surface area contributed by atoms with Crippen molar-refractivity contribution in [2.24, 2.45) is 0 Å². The molecule has 0 aliphatic rings. The largest absolute Gasteiger partial charge is 0.439 e. The number of imidazole rings is 1. The van der Waals surface area contributed by atoms with Gasteiger partial charge in [-0.05, 0) is 0 Å². The van der Waals surface area contributed by atoms with Crippen molar-refractivity contribution in [2.45, 2.75) is 13.3 Å². The summed E-state index contributed by atoms with van der Waals surface area (Å²) in [7, 11) is -4.12. The van der Waals surface area contributed by atoms with Gasteiger partial charge in [-0.25, -0.2) is 4.98 Å². The Kier molecular flexibility index (Phi) is 1.97. The van der Waals surface area contributed by atoms with Gasteiger partial charge in [-0.1, -0.05) is 10.9 Å². The first kappa shape index (κ1) is 8.22. The number of H-pyrrole nitrogens is 1. The zero-order chi connectivity index (χ0) is 8.48. The smallest absolute Gasteiger partial charge is 0.251 e. The van der Waals surface area contributed by atoms with E-state index in [9.17, 15) is 8.42 Å². The molecule has 1 heterocycles. The molecule has 0 radical (unpaired) electrons. The Labute approximate surface area is 64.6 Å². The van der Waals surface area contributed by atoms with E-state index in [1.165, 1.54) is 12.4 Å². The van der Waals surface area contributed by atoms with Gasteiger partial charge in [0.25, 0.3) is 5.82 Å². The molecule has 0 aromatic carbocycles. The van der Waals surface area contributed by atoms with Crippen LogP contribution in [-0.2, 0) is 16.7 Å². The summed E-state index contributed by atoms with van der Waals surface area (Å²) in [5.41, 5.74) is 0. The minimum atomic E-state index is -4.12. The normalized spacial score (nSPS) is 11.8. The maximum Gasteiger partial charge on any atom is 0.439 e. The van der Waals surface area contributed by atoms with Crippen LogP contribution in [-0.4, -0.2) is 18.0 Å². The van der Waals surface area contributed by atoms with Gasteiger partial charge in [0, 0.05) is 6.42 Å². The molecule has 0 bridgehead atoms. The highest BCUT2D eigenvalue weighted by atomic mass is 32.2. The summed E-state index contributed by atoms with van der Waals surface area (Å²) in [6.07, 6.45) is 3.23. The molecule has 1 aromatic rings. The van der Waals surface area contributed by atoms with Gasteiger partial charge in [-0.3, -0.25) is 4.55 Å². The van der Waals surface area contributed by atoms with Crippen LogP contribution < -0.4 is 3.97 Å². The summed E-state index contributed by atoms with van der Waals surface area (Å²) in [6.45, 7) is 1.79. The number of rotatable bonds is 2. The molecule has 0 amide bonds. The van der Waals surface area contributed by atoms with Crippen molar-refractivity contribution < 1.29 is 16.9 Å². The fourth-order valence-electron chi connectivity index (χ4n) is 0.829. The quantitative estimate of drug-likeness (QED) is 0.473. The molecule has 0 aliphatic heterocycles. The highest BCUT2D eigenvalue weighted by Gasteiger charge is 2.19. The number of nitrogens with zero attached hydrogens (tertiary/aromatic N) is 1. The van der Waals surface area contributed by atoms with Crippen LogP contribution in [0.1, 0.15) is 12.7 Å². The lowest BCUT2D eigenvalue weighted by Crippen LogP contribution is -2.43. The monoisotopic (exact) mass is 177 g/mol. The first-order chi connectivity index (χ1) is 5.05. The van der Waals surface area contributed by atoms with E-state index < -0.39 is 10.3 Å². The van der Waals surface area contributed by atoms with Crippen LogP contribution in [0.15, 0.2) is 12.4 Å². The minimum absolute atomic E-state index is 0.451. The van der Waals surface area contributed by atoms with E-state index in [1.807, 2.05) is 0 Å². The van der Waals surface area contributed by atoms with Crippen LogP contribution in [0.3, 0.4) is 0 Å². The van der Waals surface area contributed by atoms with E-state index in [0.717, 1.165) is 3.97 Å². The van der Waals surface area contributed by atoms with Crippen LogP contribution in [0.25, 0.3) is 0 Å². The van der Waals surface area contributed by atoms with Gasteiger partial charge < -0.3 is 0 Å². The molecule has 11 heavy (non-hydrogen) atoms. The Morgan fingerprint density at radius 1 is 1.73 bits per heavy atom. The van der Waals surface area contributed by atoms with Crippen molar-refractivity contribution in [1.29, 1.82) is 0 Å². The van der Waals surface area contributed by atoms with Gasteiger partial charge in [0.1, 0.15) is 12.4 Å². The topological polar surface area (TPSA) is 74.0 Å². The zero-order valence-corrected chi connectivity index (χ0v) is 6.80. The van der Waals surface area contributed by atoms with E-state index >= 15 is 0 Å². The molecule has 2 N–H and O–H groups in total. The van der Waals surface area contributed by atoms with E-state index in [0.29, 0.717) is 12.2 Å². The first-order valence-corrected chi connectivity index (χ1v) is 4.51. The van der Waals surface area contributed by atoms with E-state index in [4.69, 9.17) is 4.55 Å². The highest BCUT2D eigenvalue weighted by Crippen LogP contribution is 1.88. The summed E-state index contributed by atoms with van der Waals surface area (Å²) >= 11 is 0. The van der Waals surface area contributed by atoms with Crippen molar-refractivity contribution >= 4 is 10.3 Å². The van der Waals surface area contributed by atoms with Crippen LogP contribution in [0.2, 0.25) is 0 Å². The van der Waals surface area contributed by atoms with Crippen molar-refractivity contribution in [1.82, 2.24) is 4.98 Å². The van der Waals surface area contributed by atoms with Gasteiger partial charge in [-0.15, -0.1) is 0 Å². The molecule has 0 atom stereocenters. The van der Waals surface area contributed by atoms with Gasteiger partial charge in [0.2, 0.25) is 0 Å². The summed E-state index contributed by atoms with van der Waals surface area (Å²) < 4.78 is 30.5. The molecule has 1 rings (SSSR count).